The number of imidazole rings is 1. The quantitative estimate of drug-likeness (QED) is 0.468. The lowest BCUT2D eigenvalue weighted by Gasteiger charge is -2.11. The molecule has 160 valence electrons. The maximum Gasteiger partial charge on any atom is 0.289 e. The fourth-order valence-corrected chi connectivity index (χ4v) is 3.38. The van der Waals surface area contributed by atoms with Crippen LogP contribution < -0.4 is 5.32 Å². The summed E-state index contributed by atoms with van der Waals surface area (Å²) < 4.78 is 8.93. The minimum atomic E-state index is -0.303. The lowest BCUT2D eigenvalue weighted by Crippen LogP contribution is -2.27. The number of aromatic nitrogens is 5. The molecular weight excluding hydrogens is 416 g/mol. The molecule has 3 aromatic heterocycles. The van der Waals surface area contributed by atoms with Crippen molar-refractivity contribution in [3.8, 4) is 22.6 Å². The van der Waals surface area contributed by atoms with E-state index in [2.05, 4.69) is 20.6 Å². The predicted molar refractivity (Wildman–Crippen MR) is 118 cm³/mol. The molecule has 0 unspecified atom stereocenters. The Morgan fingerprint density at radius 3 is 2.68 bits per heavy atom. The third-order valence-corrected chi connectivity index (χ3v) is 5.23. The van der Waals surface area contributed by atoms with Gasteiger partial charge in [-0.05, 0) is 23.6 Å². The first-order valence-electron chi connectivity index (χ1n) is 9.98. The van der Waals surface area contributed by atoms with Crippen molar-refractivity contribution in [1.82, 2.24) is 29.8 Å². The van der Waals surface area contributed by atoms with Gasteiger partial charge < -0.3 is 14.4 Å². The van der Waals surface area contributed by atoms with E-state index >= 15 is 0 Å². The van der Waals surface area contributed by atoms with Crippen LogP contribution in [0, 0.1) is 0 Å². The molecule has 0 aliphatic rings. The highest BCUT2D eigenvalue weighted by molar-refractivity contribution is 6.30. The molecule has 1 amide bonds. The minimum Gasteiger partial charge on any atom is -0.351 e. The standard InChI is InChI=1S/C22H23ClN6O2/c1-14(2)18-12-19(31-27-18)22(30)25-9-11-29-20(21-24-8-10-28(21)3)17(13-26-29)15-4-6-16(23)7-5-15/h4-8,10,12-14H,9,11H2,1-3H3,(H,25,30). The number of nitrogens with one attached hydrogen (secondary N) is 1. The second-order valence-electron chi connectivity index (χ2n) is 7.53. The van der Waals surface area contributed by atoms with Gasteiger partial charge in [0, 0.05) is 42.6 Å². The number of hydrogen-bond donors (Lipinski definition) is 1. The van der Waals surface area contributed by atoms with Crippen LogP contribution in [0.4, 0.5) is 0 Å². The van der Waals surface area contributed by atoms with Crippen LogP contribution in [0.3, 0.4) is 0 Å². The normalized spacial score (nSPS) is 11.3. The highest BCUT2D eigenvalue weighted by Crippen LogP contribution is 2.31. The van der Waals surface area contributed by atoms with E-state index in [-0.39, 0.29) is 17.6 Å². The smallest absolute Gasteiger partial charge is 0.289 e. The van der Waals surface area contributed by atoms with Crippen LogP contribution in [0.5, 0.6) is 0 Å². The predicted octanol–water partition coefficient (Wildman–Crippen LogP) is 4.15. The molecular formula is C22H23ClN6O2. The van der Waals surface area contributed by atoms with E-state index < -0.39 is 0 Å². The van der Waals surface area contributed by atoms with Crippen molar-refractivity contribution in [2.75, 3.05) is 6.54 Å². The highest BCUT2D eigenvalue weighted by Gasteiger charge is 2.19. The van der Waals surface area contributed by atoms with Gasteiger partial charge in [-0.15, -0.1) is 0 Å². The topological polar surface area (TPSA) is 90.8 Å². The zero-order valence-electron chi connectivity index (χ0n) is 17.5. The molecule has 8 nitrogen and oxygen atoms in total. The third-order valence-electron chi connectivity index (χ3n) is 4.98. The molecule has 0 saturated heterocycles. The van der Waals surface area contributed by atoms with Gasteiger partial charge in [-0.25, -0.2) is 4.98 Å². The molecule has 0 radical (unpaired) electrons. The molecule has 1 aromatic carbocycles. The van der Waals surface area contributed by atoms with E-state index in [1.165, 1.54) is 0 Å². The zero-order valence-corrected chi connectivity index (χ0v) is 18.3. The average molecular weight is 439 g/mol. The number of aryl methyl sites for hydroxylation is 1. The van der Waals surface area contributed by atoms with Gasteiger partial charge in [0.05, 0.1) is 18.4 Å². The molecule has 31 heavy (non-hydrogen) atoms. The molecule has 4 rings (SSSR count). The number of carbonyl (C=O) groups excluding carboxylic acids is 1. The number of carbonyl (C=O) groups is 1. The summed E-state index contributed by atoms with van der Waals surface area (Å²) in [6, 6.07) is 9.27. The summed E-state index contributed by atoms with van der Waals surface area (Å²) in [5.74, 6) is 0.880. The fraction of sp³-hybridized carbons (Fsp3) is 0.273. The van der Waals surface area contributed by atoms with Gasteiger partial charge in [-0.1, -0.05) is 42.7 Å². The van der Waals surface area contributed by atoms with Gasteiger partial charge in [-0.3, -0.25) is 9.48 Å². The molecule has 4 aromatic rings. The van der Waals surface area contributed by atoms with E-state index in [9.17, 15) is 4.79 Å². The van der Waals surface area contributed by atoms with Crippen molar-refractivity contribution in [3.05, 3.63) is 65.4 Å². The SMILES string of the molecule is CC(C)c1cc(C(=O)NCCn2ncc(-c3ccc(Cl)cc3)c2-c2nccn2C)on1. The first-order chi connectivity index (χ1) is 14.9. The summed E-state index contributed by atoms with van der Waals surface area (Å²) in [6.45, 7) is 4.83. The number of benzene rings is 1. The maximum atomic E-state index is 12.4. The second kappa shape index (κ2) is 8.77. The summed E-state index contributed by atoms with van der Waals surface area (Å²) in [4.78, 5) is 16.9. The highest BCUT2D eigenvalue weighted by atomic mass is 35.5. The van der Waals surface area contributed by atoms with Gasteiger partial charge in [0.15, 0.2) is 5.82 Å². The molecule has 0 bridgehead atoms. The average Bonchev–Trinajstić information content (AvgIpc) is 3.48. The molecule has 0 saturated carbocycles. The molecule has 0 atom stereocenters. The van der Waals surface area contributed by atoms with Crippen molar-refractivity contribution in [3.63, 3.8) is 0 Å². The number of halogens is 1. The Balaban J connectivity index is 1.55. The van der Waals surface area contributed by atoms with E-state index in [0.29, 0.717) is 18.1 Å². The molecule has 3 heterocycles. The maximum absolute atomic E-state index is 12.4. The van der Waals surface area contributed by atoms with Gasteiger partial charge >= 0.3 is 0 Å². The van der Waals surface area contributed by atoms with Gasteiger partial charge in [-0.2, -0.15) is 5.10 Å². The molecule has 0 fully saturated rings. The van der Waals surface area contributed by atoms with Crippen LogP contribution in [0.1, 0.15) is 36.0 Å². The Morgan fingerprint density at radius 1 is 1.26 bits per heavy atom. The van der Waals surface area contributed by atoms with E-state index in [4.69, 9.17) is 16.1 Å². The Kier molecular flexibility index (Phi) is 5.90. The number of nitrogens with zero attached hydrogens (tertiary/aromatic N) is 5. The van der Waals surface area contributed by atoms with Crippen molar-refractivity contribution < 1.29 is 9.32 Å². The summed E-state index contributed by atoms with van der Waals surface area (Å²) in [6.07, 6.45) is 5.44. The summed E-state index contributed by atoms with van der Waals surface area (Å²) >= 11 is 6.05. The van der Waals surface area contributed by atoms with Crippen LogP contribution in [0.25, 0.3) is 22.6 Å². The van der Waals surface area contributed by atoms with Crippen molar-refractivity contribution in [2.45, 2.75) is 26.3 Å². The van der Waals surface area contributed by atoms with Gasteiger partial charge in [0.25, 0.3) is 5.91 Å². The molecule has 1 N–H and O–H groups in total. The third kappa shape index (κ3) is 4.39. The largest absolute Gasteiger partial charge is 0.351 e. The van der Waals surface area contributed by atoms with Crippen LogP contribution in [0.2, 0.25) is 5.02 Å². The van der Waals surface area contributed by atoms with E-state index in [0.717, 1.165) is 28.3 Å². The number of amides is 1. The lowest BCUT2D eigenvalue weighted by atomic mass is 10.1. The lowest BCUT2D eigenvalue weighted by molar-refractivity contribution is 0.0915. The first kappa shape index (κ1) is 20.9. The number of rotatable bonds is 7. The number of hydrogen-bond acceptors (Lipinski definition) is 5. The minimum absolute atomic E-state index is 0.195. The second-order valence-corrected chi connectivity index (χ2v) is 7.96. The van der Waals surface area contributed by atoms with E-state index in [1.807, 2.05) is 60.6 Å². The van der Waals surface area contributed by atoms with E-state index in [1.54, 1.807) is 18.5 Å². The molecule has 9 heteroatoms. The van der Waals surface area contributed by atoms with Crippen LogP contribution in [-0.2, 0) is 13.6 Å². The van der Waals surface area contributed by atoms with Gasteiger partial charge in [0.2, 0.25) is 5.76 Å². The Hall–Kier alpha value is -3.39. The Morgan fingerprint density at radius 2 is 2.03 bits per heavy atom. The van der Waals surface area contributed by atoms with Crippen LogP contribution >= 0.6 is 11.6 Å². The summed E-state index contributed by atoms with van der Waals surface area (Å²) in [7, 11) is 1.93. The van der Waals surface area contributed by atoms with Gasteiger partial charge in [0.1, 0.15) is 5.69 Å². The van der Waals surface area contributed by atoms with Crippen molar-refractivity contribution in [2.24, 2.45) is 7.05 Å². The van der Waals surface area contributed by atoms with Crippen LogP contribution in [0.15, 0.2) is 53.4 Å². The zero-order chi connectivity index (χ0) is 22.0. The Bertz CT molecular complexity index is 1190. The first-order valence-corrected chi connectivity index (χ1v) is 10.4. The Labute approximate surface area is 184 Å². The van der Waals surface area contributed by atoms with Crippen molar-refractivity contribution in [1.29, 1.82) is 0 Å². The van der Waals surface area contributed by atoms with Crippen LogP contribution in [-0.4, -0.2) is 36.9 Å². The van der Waals surface area contributed by atoms with Crippen molar-refractivity contribution >= 4 is 17.5 Å². The molecule has 0 aliphatic carbocycles. The molecule has 0 aliphatic heterocycles. The monoisotopic (exact) mass is 438 g/mol. The summed E-state index contributed by atoms with van der Waals surface area (Å²) in [5, 5.41) is 12.0. The summed E-state index contributed by atoms with van der Waals surface area (Å²) in [5.41, 5.74) is 3.54. The fourth-order valence-electron chi connectivity index (χ4n) is 3.26. The molecule has 0 spiro atoms.